The van der Waals surface area contributed by atoms with E-state index in [9.17, 15) is 19.2 Å². The van der Waals surface area contributed by atoms with Gasteiger partial charge in [-0.25, -0.2) is 0 Å². The van der Waals surface area contributed by atoms with Gasteiger partial charge in [0.05, 0.1) is 13.2 Å². The van der Waals surface area contributed by atoms with Gasteiger partial charge < -0.3 is 14.2 Å². The Morgan fingerprint density at radius 2 is 1.42 bits per heavy atom. The maximum atomic E-state index is 12.7. The van der Waals surface area contributed by atoms with Crippen molar-refractivity contribution >= 4 is 23.7 Å². The highest BCUT2D eigenvalue weighted by molar-refractivity contribution is 6.16. The van der Waals surface area contributed by atoms with Crippen LogP contribution in [0.25, 0.3) is 0 Å². The number of hydrogen-bond donors (Lipinski definition) is 0. The van der Waals surface area contributed by atoms with Crippen LogP contribution in [0.4, 0.5) is 0 Å². The Morgan fingerprint density at radius 1 is 0.917 bits per heavy atom. The summed E-state index contributed by atoms with van der Waals surface area (Å²) in [6, 6.07) is 8.11. The third-order valence-electron chi connectivity index (χ3n) is 2.97. The molecule has 0 saturated heterocycles. The monoisotopic (exact) mass is 336 g/mol. The van der Waals surface area contributed by atoms with E-state index in [4.69, 9.17) is 14.2 Å². The zero-order valence-corrected chi connectivity index (χ0v) is 13.8. The Hall–Kier alpha value is -2.70. The van der Waals surface area contributed by atoms with Gasteiger partial charge in [-0.3, -0.25) is 19.2 Å². The number of Topliss-reactive ketones (excluding diaryl/α,β-unsaturated/α-hetero) is 1. The molecule has 0 aliphatic heterocycles. The maximum Gasteiger partial charge on any atom is 0.328 e. The summed E-state index contributed by atoms with van der Waals surface area (Å²) in [5.41, 5.74) is 0.344. The minimum atomic E-state index is -1.81. The van der Waals surface area contributed by atoms with E-state index in [0.29, 0.717) is 5.56 Å². The summed E-state index contributed by atoms with van der Waals surface area (Å²) >= 11 is 0. The Labute approximate surface area is 139 Å². The smallest absolute Gasteiger partial charge is 0.328 e. The normalized spacial score (nSPS) is 11.5. The van der Waals surface area contributed by atoms with Gasteiger partial charge in [-0.05, 0) is 13.8 Å². The number of ether oxygens (including phenoxy) is 3. The molecule has 130 valence electrons. The van der Waals surface area contributed by atoms with Gasteiger partial charge in [0.15, 0.2) is 6.10 Å². The van der Waals surface area contributed by atoms with Crippen LogP contribution in [0.1, 0.15) is 32.4 Å². The first-order valence-electron chi connectivity index (χ1n) is 7.51. The maximum absolute atomic E-state index is 12.7. The molecule has 0 N–H and O–H groups in total. The van der Waals surface area contributed by atoms with Gasteiger partial charge in [0.2, 0.25) is 11.7 Å². The summed E-state index contributed by atoms with van der Waals surface area (Å²) in [5, 5.41) is 0. The zero-order valence-electron chi connectivity index (χ0n) is 13.8. The van der Waals surface area contributed by atoms with Gasteiger partial charge in [-0.1, -0.05) is 30.3 Å². The highest BCUT2D eigenvalue weighted by Gasteiger charge is 2.42. The molecule has 1 atom stereocenters. The first-order chi connectivity index (χ1) is 11.4. The van der Waals surface area contributed by atoms with E-state index >= 15 is 0 Å². The van der Waals surface area contributed by atoms with Gasteiger partial charge >= 0.3 is 17.9 Å². The molecular formula is C17H20O7. The van der Waals surface area contributed by atoms with Gasteiger partial charge in [-0.15, -0.1) is 0 Å². The number of carbonyl (C=O) groups is 4. The molecule has 0 spiro atoms. The molecule has 0 heterocycles. The van der Waals surface area contributed by atoms with Crippen molar-refractivity contribution in [3.63, 3.8) is 0 Å². The minimum Gasteiger partial charge on any atom is -0.465 e. The van der Waals surface area contributed by atoms with Crippen LogP contribution in [0.2, 0.25) is 0 Å². The van der Waals surface area contributed by atoms with Gasteiger partial charge in [0, 0.05) is 12.5 Å². The standard InChI is InChI=1S/C17H20O7/c1-4-22-16(20)13(17(21)23-5-2)14(19)15(24-11(3)18)12-9-7-6-8-10-12/h6-10,13,15H,4-5H2,1-3H3. The average molecular weight is 336 g/mol. The van der Waals surface area contributed by atoms with Crippen molar-refractivity contribution in [2.45, 2.75) is 26.9 Å². The van der Waals surface area contributed by atoms with E-state index in [0.717, 1.165) is 6.92 Å². The molecule has 0 bridgehead atoms. The predicted molar refractivity (Wildman–Crippen MR) is 82.7 cm³/mol. The average Bonchev–Trinajstić information content (AvgIpc) is 2.54. The third kappa shape index (κ3) is 5.19. The van der Waals surface area contributed by atoms with Crippen LogP contribution < -0.4 is 0 Å². The summed E-state index contributed by atoms with van der Waals surface area (Å²) < 4.78 is 14.6. The summed E-state index contributed by atoms with van der Waals surface area (Å²) in [4.78, 5) is 48.1. The van der Waals surface area contributed by atoms with E-state index in [1.807, 2.05) is 0 Å². The first kappa shape index (κ1) is 19.3. The highest BCUT2D eigenvalue weighted by atomic mass is 16.6. The number of hydrogen-bond acceptors (Lipinski definition) is 7. The second-order valence-electron chi connectivity index (χ2n) is 4.74. The van der Waals surface area contributed by atoms with Crippen LogP contribution in [-0.4, -0.2) is 36.9 Å². The SMILES string of the molecule is CCOC(=O)C(C(=O)OCC)C(=O)C(OC(C)=O)c1ccccc1. The van der Waals surface area contributed by atoms with E-state index in [2.05, 4.69) is 0 Å². The lowest BCUT2D eigenvalue weighted by molar-refractivity contribution is -0.170. The van der Waals surface area contributed by atoms with Crippen molar-refractivity contribution in [2.75, 3.05) is 13.2 Å². The van der Waals surface area contributed by atoms with E-state index in [-0.39, 0.29) is 13.2 Å². The van der Waals surface area contributed by atoms with Crippen molar-refractivity contribution in [1.82, 2.24) is 0 Å². The second kappa shape index (κ2) is 9.44. The zero-order chi connectivity index (χ0) is 18.1. The van der Waals surface area contributed by atoms with Gasteiger partial charge in [-0.2, -0.15) is 0 Å². The lowest BCUT2D eigenvalue weighted by atomic mass is 9.95. The molecule has 0 aromatic heterocycles. The van der Waals surface area contributed by atoms with Crippen molar-refractivity contribution in [1.29, 1.82) is 0 Å². The summed E-state index contributed by atoms with van der Waals surface area (Å²) in [6.07, 6.45) is -1.40. The molecule has 24 heavy (non-hydrogen) atoms. The first-order valence-corrected chi connectivity index (χ1v) is 7.51. The molecule has 0 fully saturated rings. The van der Waals surface area contributed by atoms with Crippen molar-refractivity contribution in [2.24, 2.45) is 5.92 Å². The third-order valence-corrected chi connectivity index (χ3v) is 2.97. The quantitative estimate of drug-likeness (QED) is 0.404. The fourth-order valence-corrected chi connectivity index (χ4v) is 2.02. The van der Waals surface area contributed by atoms with E-state index in [1.54, 1.807) is 44.2 Å². The number of ketones is 1. The Bertz CT molecular complexity index is 576. The molecule has 7 heteroatoms. The Balaban J connectivity index is 3.20. The van der Waals surface area contributed by atoms with E-state index < -0.39 is 35.7 Å². The van der Waals surface area contributed by atoms with Crippen molar-refractivity contribution < 1.29 is 33.4 Å². The lowest BCUT2D eigenvalue weighted by Gasteiger charge is -2.20. The topological polar surface area (TPSA) is 96.0 Å². The van der Waals surface area contributed by atoms with Gasteiger partial charge in [0.25, 0.3) is 0 Å². The van der Waals surface area contributed by atoms with Crippen LogP contribution >= 0.6 is 0 Å². The van der Waals surface area contributed by atoms with Crippen LogP contribution in [-0.2, 0) is 33.4 Å². The summed E-state index contributed by atoms with van der Waals surface area (Å²) in [6.45, 7) is 4.21. The molecule has 1 unspecified atom stereocenters. The number of benzene rings is 1. The molecule has 0 amide bonds. The largest absolute Gasteiger partial charge is 0.465 e. The predicted octanol–water partition coefficient (Wildman–Crippen LogP) is 1.60. The Kier molecular flexibility index (Phi) is 7.61. The molecule has 1 aromatic rings. The molecular weight excluding hydrogens is 316 g/mol. The van der Waals surface area contributed by atoms with Crippen molar-refractivity contribution in [3.05, 3.63) is 35.9 Å². The summed E-state index contributed by atoms with van der Waals surface area (Å²) in [5.74, 6) is -5.51. The van der Waals surface area contributed by atoms with Gasteiger partial charge in [0.1, 0.15) is 0 Å². The Morgan fingerprint density at radius 3 is 1.83 bits per heavy atom. The fourth-order valence-electron chi connectivity index (χ4n) is 2.02. The molecule has 1 rings (SSSR count). The minimum absolute atomic E-state index is 0.00835. The molecule has 7 nitrogen and oxygen atoms in total. The van der Waals surface area contributed by atoms with Crippen LogP contribution in [0.5, 0.6) is 0 Å². The highest BCUT2D eigenvalue weighted by Crippen LogP contribution is 2.24. The van der Waals surface area contributed by atoms with Crippen LogP contribution in [0, 0.1) is 5.92 Å². The summed E-state index contributed by atoms with van der Waals surface area (Å²) in [7, 11) is 0. The molecule has 0 aliphatic rings. The van der Waals surface area contributed by atoms with E-state index in [1.165, 1.54) is 0 Å². The number of rotatable bonds is 8. The molecule has 0 saturated carbocycles. The molecule has 0 radical (unpaired) electrons. The molecule has 1 aromatic carbocycles. The van der Waals surface area contributed by atoms with Crippen LogP contribution in [0.15, 0.2) is 30.3 Å². The second-order valence-corrected chi connectivity index (χ2v) is 4.74. The lowest BCUT2D eigenvalue weighted by Crippen LogP contribution is -2.38. The number of esters is 3. The molecule has 0 aliphatic carbocycles. The fraction of sp³-hybridized carbons (Fsp3) is 0.412. The number of carbonyl (C=O) groups excluding carboxylic acids is 4. The van der Waals surface area contributed by atoms with Crippen molar-refractivity contribution in [3.8, 4) is 0 Å². The van der Waals surface area contributed by atoms with Crippen LogP contribution in [0.3, 0.4) is 0 Å².